The van der Waals surface area contributed by atoms with Crippen LogP contribution in [-0.2, 0) is 11.2 Å². The quantitative estimate of drug-likeness (QED) is 0.870. The Morgan fingerprint density at radius 3 is 2.63 bits per heavy atom. The molecule has 0 aliphatic rings. The van der Waals surface area contributed by atoms with Crippen LogP contribution in [0.5, 0.6) is 0 Å². The summed E-state index contributed by atoms with van der Waals surface area (Å²) in [5, 5.41) is 3.14. The molecule has 0 saturated carbocycles. The number of hydrogen-bond donors (Lipinski definition) is 1. The largest absolute Gasteiger partial charge is 0.323 e. The van der Waals surface area contributed by atoms with Gasteiger partial charge in [0.1, 0.15) is 0 Å². The molecular formula is C15H15ClN2O. The molecule has 0 aliphatic carbocycles. The van der Waals surface area contributed by atoms with Gasteiger partial charge in [-0.2, -0.15) is 0 Å². The Hall–Kier alpha value is -1.87. The Labute approximate surface area is 117 Å². The van der Waals surface area contributed by atoms with Crippen molar-refractivity contribution >= 4 is 23.2 Å². The van der Waals surface area contributed by atoms with Crippen LogP contribution < -0.4 is 5.32 Å². The van der Waals surface area contributed by atoms with Gasteiger partial charge in [0.05, 0.1) is 12.1 Å². The molecule has 98 valence electrons. The number of carbonyl (C=O) groups is 1. The van der Waals surface area contributed by atoms with Crippen molar-refractivity contribution in [1.29, 1.82) is 0 Å². The van der Waals surface area contributed by atoms with Crippen molar-refractivity contribution in [3.05, 3.63) is 58.4 Å². The monoisotopic (exact) mass is 274 g/mol. The summed E-state index contributed by atoms with van der Waals surface area (Å²) < 4.78 is 0. The van der Waals surface area contributed by atoms with Crippen molar-refractivity contribution in [1.82, 2.24) is 4.98 Å². The van der Waals surface area contributed by atoms with Crippen LogP contribution in [0.25, 0.3) is 0 Å². The van der Waals surface area contributed by atoms with Crippen molar-refractivity contribution < 1.29 is 4.79 Å². The van der Waals surface area contributed by atoms with Gasteiger partial charge in [-0.05, 0) is 36.6 Å². The number of amides is 1. The Bertz CT molecular complexity index is 591. The third-order valence-electron chi connectivity index (χ3n) is 2.99. The van der Waals surface area contributed by atoms with E-state index in [1.54, 1.807) is 6.20 Å². The van der Waals surface area contributed by atoms with Gasteiger partial charge in [0, 0.05) is 6.20 Å². The normalized spacial score (nSPS) is 10.3. The molecular weight excluding hydrogens is 260 g/mol. The summed E-state index contributed by atoms with van der Waals surface area (Å²) in [6.45, 7) is 3.88. The molecule has 0 aliphatic heterocycles. The molecule has 0 spiro atoms. The second kappa shape index (κ2) is 5.85. The molecule has 0 bridgehead atoms. The van der Waals surface area contributed by atoms with Gasteiger partial charge in [0.15, 0.2) is 5.15 Å². The maximum atomic E-state index is 12.0. The van der Waals surface area contributed by atoms with Gasteiger partial charge in [0.25, 0.3) is 0 Å². The van der Waals surface area contributed by atoms with Gasteiger partial charge in [-0.3, -0.25) is 4.79 Å². The molecule has 0 fully saturated rings. The van der Waals surface area contributed by atoms with Gasteiger partial charge in [-0.15, -0.1) is 0 Å². The highest BCUT2D eigenvalue weighted by Crippen LogP contribution is 2.23. The zero-order valence-electron chi connectivity index (χ0n) is 10.9. The summed E-state index contributed by atoms with van der Waals surface area (Å²) in [6.07, 6.45) is 1.95. The Kier molecular flexibility index (Phi) is 4.17. The fourth-order valence-electron chi connectivity index (χ4n) is 1.84. The number of pyridine rings is 1. The molecule has 1 aromatic carbocycles. The third kappa shape index (κ3) is 3.32. The van der Waals surface area contributed by atoms with E-state index in [1.807, 2.05) is 44.2 Å². The Morgan fingerprint density at radius 2 is 1.95 bits per heavy atom. The van der Waals surface area contributed by atoms with E-state index in [0.29, 0.717) is 17.3 Å². The number of nitrogens with zero attached hydrogens (tertiary/aromatic N) is 1. The van der Waals surface area contributed by atoms with Crippen LogP contribution >= 0.6 is 11.6 Å². The third-order valence-corrected chi connectivity index (χ3v) is 3.28. The van der Waals surface area contributed by atoms with E-state index in [1.165, 1.54) is 0 Å². The predicted molar refractivity (Wildman–Crippen MR) is 77.5 cm³/mol. The highest BCUT2D eigenvalue weighted by molar-refractivity contribution is 6.32. The maximum Gasteiger partial charge on any atom is 0.228 e. The van der Waals surface area contributed by atoms with Crippen molar-refractivity contribution in [3.8, 4) is 0 Å². The predicted octanol–water partition coefficient (Wildman–Crippen LogP) is 3.53. The second-order valence-corrected chi connectivity index (χ2v) is 4.80. The molecule has 0 saturated heterocycles. The first-order valence-corrected chi connectivity index (χ1v) is 6.41. The fraction of sp³-hybridized carbons (Fsp3) is 0.200. The van der Waals surface area contributed by atoms with E-state index in [2.05, 4.69) is 10.3 Å². The summed E-state index contributed by atoms with van der Waals surface area (Å²) in [7, 11) is 0. The van der Waals surface area contributed by atoms with Crippen molar-refractivity contribution in [2.45, 2.75) is 20.3 Å². The molecule has 1 heterocycles. The van der Waals surface area contributed by atoms with Crippen LogP contribution in [0.2, 0.25) is 5.15 Å². The lowest BCUT2D eigenvalue weighted by Crippen LogP contribution is -2.16. The van der Waals surface area contributed by atoms with Crippen molar-refractivity contribution in [2.24, 2.45) is 0 Å². The first-order chi connectivity index (χ1) is 9.08. The summed E-state index contributed by atoms with van der Waals surface area (Å²) >= 11 is 5.98. The molecule has 2 aromatic rings. The fourth-order valence-corrected chi connectivity index (χ4v) is 2.09. The minimum Gasteiger partial charge on any atom is -0.323 e. The van der Waals surface area contributed by atoms with Crippen LogP contribution in [-0.4, -0.2) is 10.9 Å². The zero-order valence-corrected chi connectivity index (χ0v) is 11.7. The smallest absolute Gasteiger partial charge is 0.228 e. The van der Waals surface area contributed by atoms with E-state index >= 15 is 0 Å². The average Bonchev–Trinajstić information content (AvgIpc) is 2.37. The Morgan fingerprint density at radius 1 is 1.21 bits per heavy atom. The number of benzene rings is 1. The van der Waals surface area contributed by atoms with Crippen molar-refractivity contribution in [2.75, 3.05) is 5.32 Å². The Balaban J connectivity index is 2.12. The number of halogens is 1. The van der Waals surface area contributed by atoms with Gasteiger partial charge >= 0.3 is 0 Å². The van der Waals surface area contributed by atoms with E-state index < -0.39 is 0 Å². The topological polar surface area (TPSA) is 42.0 Å². The molecule has 1 aromatic heterocycles. The van der Waals surface area contributed by atoms with Gasteiger partial charge < -0.3 is 5.32 Å². The number of aryl methyl sites for hydroxylation is 2. The highest BCUT2D eigenvalue weighted by atomic mass is 35.5. The first kappa shape index (κ1) is 13.6. The lowest BCUT2D eigenvalue weighted by Gasteiger charge is -2.10. The molecule has 0 radical (unpaired) electrons. The molecule has 1 N–H and O–H groups in total. The van der Waals surface area contributed by atoms with E-state index in [-0.39, 0.29) is 5.91 Å². The minimum atomic E-state index is -0.0905. The zero-order chi connectivity index (χ0) is 13.8. The van der Waals surface area contributed by atoms with E-state index in [4.69, 9.17) is 11.6 Å². The highest BCUT2D eigenvalue weighted by Gasteiger charge is 2.10. The molecule has 1 amide bonds. The van der Waals surface area contributed by atoms with E-state index in [9.17, 15) is 4.79 Å². The van der Waals surface area contributed by atoms with E-state index in [0.717, 1.165) is 16.7 Å². The van der Waals surface area contributed by atoms with Crippen LogP contribution in [0.3, 0.4) is 0 Å². The maximum absolute atomic E-state index is 12.0. The van der Waals surface area contributed by atoms with Crippen LogP contribution in [0.4, 0.5) is 5.69 Å². The van der Waals surface area contributed by atoms with Gasteiger partial charge in [-0.1, -0.05) is 35.9 Å². The lowest BCUT2D eigenvalue weighted by atomic mass is 10.1. The van der Waals surface area contributed by atoms with Gasteiger partial charge in [-0.25, -0.2) is 4.98 Å². The number of rotatable bonds is 3. The van der Waals surface area contributed by atoms with Crippen LogP contribution in [0, 0.1) is 13.8 Å². The summed E-state index contributed by atoms with van der Waals surface area (Å²) in [5.74, 6) is -0.0905. The van der Waals surface area contributed by atoms with Gasteiger partial charge in [0.2, 0.25) is 5.91 Å². The summed E-state index contributed by atoms with van der Waals surface area (Å²) in [6, 6.07) is 9.64. The summed E-state index contributed by atoms with van der Waals surface area (Å²) in [4.78, 5) is 16.0. The molecule has 0 unspecified atom stereocenters. The van der Waals surface area contributed by atoms with Crippen molar-refractivity contribution in [3.63, 3.8) is 0 Å². The lowest BCUT2D eigenvalue weighted by molar-refractivity contribution is -0.115. The van der Waals surface area contributed by atoms with Crippen LogP contribution in [0.1, 0.15) is 16.7 Å². The second-order valence-electron chi connectivity index (χ2n) is 4.45. The molecule has 19 heavy (non-hydrogen) atoms. The molecule has 2 rings (SSSR count). The number of hydrogen-bond acceptors (Lipinski definition) is 2. The number of nitrogens with one attached hydrogen (secondary N) is 1. The molecule has 0 atom stereocenters. The number of carbonyl (C=O) groups excluding carboxylic acids is 1. The first-order valence-electron chi connectivity index (χ1n) is 6.03. The SMILES string of the molecule is Cc1ccccc1CC(=O)Nc1c(C)ccnc1Cl. The summed E-state index contributed by atoms with van der Waals surface area (Å²) in [5.41, 5.74) is 3.60. The standard InChI is InChI=1S/C15H15ClN2O/c1-10-5-3-4-6-12(10)9-13(19)18-14-11(2)7-8-17-15(14)16/h3-8H,9H2,1-2H3,(H,18,19). The average molecular weight is 275 g/mol. The molecule has 4 heteroatoms. The minimum absolute atomic E-state index is 0.0905. The number of aromatic nitrogens is 1. The molecule has 3 nitrogen and oxygen atoms in total. The van der Waals surface area contributed by atoms with Crippen LogP contribution in [0.15, 0.2) is 36.5 Å². The number of anilines is 1.